The molecule has 0 aliphatic carbocycles. The Morgan fingerprint density at radius 3 is 3.07 bits per heavy atom. The standard InChI is InChI=1S/C11H17NO2S/c1-3-9(13)5-4-8(2)6-10-7-12-11(14)15-10/h3-5,8,10,13H,6-7H2,1-2H3,(H,12,14)/b5-4-,9-3+. The molecular weight excluding hydrogens is 210 g/mol. The summed E-state index contributed by atoms with van der Waals surface area (Å²) >= 11 is 1.37. The van der Waals surface area contributed by atoms with Crippen molar-refractivity contribution in [2.75, 3.05) is 6.54 Å². The maximum atomic E-state index is 10.9. The molecule has 0 saturated carbocycles. The van der Waals surface area contributed by atoms with Gasteiger partial charge in [0.15, 0.2) is 0 Å². The summed E-state index contributed by atoms with van der Waals surface area (Å²) in [6.45, 7) is 4.64. The molecule has 1 rings (SSSR count). The first-order valence-corrected chi connectivity index (χ1v) is 5.97. The summed E-state index contributed by atoms with van der Waals surface area (Å²) in [5, 5.41) is 12.4. The second kappa shape index (κ2) is 5.85. The zero-order chi connectivity index (χ0) is 11.3. The van der Waals surface area contributed by atoms with E-state index in [9.17, 15) is 9.90 Å². The second-order valence-corrected chi connectivity index (χ2v) is 4.97. The number of amides is 1. The third-order valence-electron chi connectivity index (χ3n) is 2.27. The Kier molecular flexibility index (Phi) is 4.75. The fraction of sp³-hybridized carbons (Fsp3) is 0.545. The van der Waals surface area contributed by atoms with Crippen molar-refractivity contribution in [3.8, 4) is 0 Å². The molecule has 0 aromatic heterocycles. The summed E-state index contributed by atoms with van der Waals surface area (Å²) < 4.78 is 0. The monoisotopic (exact) mass is 227 g/mol. The number of aliphatic hydroxyl groups is 1. The largest absolute Gasteiger partial charge is 0.508 e. The lowest BCUT2D eigenvalue weighted by Crippen LogP contribution is -2.16. The van der Waals surface area contributed by atoms with Gasteiger partial charge in [-0.15, -0.1) is 0 Å². The summed E-state index contributed by atoms with van der Waals surface area (Å²) in [5.74, 6) is 0.660. The number of carbonyl (C=O) groups excluding carboxylic acids is 1. The van der Waals surface area contributed by atoms with E-state index in [-0.39, 0.29) is 11.0 Å². The average molecular weight is 227 g/mol. The number of carbonyl (C=O) groups is 1. The molecule has 0 bridgehead atoms. The van der Waals surface area contributed by atoms with E-state index >= 15 is 0 Å². The third kappa shape index (κ3) is 4.42. The van der Waals surface area contributed by atoms with Crippen molar-refractivity contribution >= 4 is 17.0 Å². The number of hydrogen-bond acceptors (Lipinski definition) is 3. The van der Waals surface area contributed by atoms with Crippen LogP contribution in [0.4, 0.5) is 4.79 Å². The summed E-state index contributed by atoms with van der Waals surface area (Å²) in [4.78, 5) is 10.9. The molecule has 1 aliphatic rings. The molecule has 1 fully saturated rings. The highest BCUT2D eigenvalue weighted by atomic mass is 32.2. The van der Waals surface area contributed by atoms with Crippen LogP contribution in [0.25, 0.3) is 0 Å². The summed E-state index contributed by atoms with van der Waals surface area (Å²) in [5.41, 5.74) is 0. The first kappa shape index (κ1) is 12.2. The van der Waals surface area contributed by atoms with E-state index in [1.165, 1.54) is 11.8 Å². The van der Waals surface area contributed by atoms with E-state index < -0.39 is 0 Å². The van der Waals surface area contributed by atoms with E-state index in [1.54, 1.807) is 19.1 Å². The van der Waals surface area contributed by atoms with Gasteiger partial charge in [-0.2, -0.15) is 0 Å². The first-order valence-electron chi connectivity index (χ1n) is 5.09. The Hall–Kier alpha value is -0.900. The fourth-order valence-corrected chi connectivity index (χ4v) is 2.45. The second-order valence-electron chi connectivity index (χ2n) is 3.69. The van der Waals surface area contributed by atoms with Crippen LogP contribution in [0.1, 0.15) is 20.3 Å². The molecule has 84 valence electrons. The lowest BCUT2D eigenvalue weighted by molar-refractivity contribution is 0.262. The van der Waals surface area contributed by atoms with E-state index in [2.05, 4.69) is 12.2 Å². The maximum absolute atomic E-state index is 10.9. The van der Waals surface area contributed by atoms with Crippen molar-refractivity contribution in [1.82, 2.24) is 5.32 Å². The lowest BCUT2D eigenvalue weighted by Gasteiger charge is -2.09. The smallest absolute Gasteiger partial charge is 0.279 e. The lowest BCUT2D eigenvalue weighted by atomic mass is 10.0. The van der Waals surface area contributed by atoms with Gasteiger partial charge in [0.2, 0.25) is 0 Å². The minimum atomic E-state index is 0.0764. The molecule has 0 aromatic rings. The molecule has 3 nitrogen and oxygen atoms in total. The van der Waals surface area contributed by atoms with Gasteiger partial charge in [-0.1, -0.05) is 24.8 Å². The zero-order valence-electron chi connectivity index (χ0n) is 9.06. The quantitative estimate of drug-likeness (QED) is 0.573. The summed E-state index contributed by atoms with van der Waals surface area (Å²) in [6, 6.07) is 0. The first-order chi connectivity index (χ1) is 7.11. The van der Waals surface area contributed by atoms with Crippen LogP contribution in [-0.4, -0.2) is 22.1 Å². The Morgan fingerprint density at radius 2 is 2.53 bits per heavy atom. The van der Waals surface area contributed by atoms with E-state index in [1.807, 2.05) is 6.08 Å². The van der Waals surface area contributed by atoms with Crippen LogP contribution in [0.5, 0.6) is 0 Å². The van der Waals surface area contributed by atoms with Crippen molar-refractivity contribution in [2.24, 2.45) is 5.92 Å². The molecule has 0 radical (unpaired) electrons. The van der Waals surface area contributed by atoms with E-state index in [0.717, 1.165) is 13.0 Å². The molecule has 1 saturated heterocycles. The van der Waals surface area contributed by atoms with Gasteiger partial charge in [-0.3, -0.25) is 4.79 Å². The van der Waals surface area contributed by atoms with E-state index in [4.69, 9.17) is 0 Å². The van der Waals surface area contributed by atoms with Crippen LogP contribution < -0.4 is 5.32 Å². The highest BCUT2D eigenvalue weighted by molar-refractivity contribution is 8.14. The Labute approximate surface area is 94.6 Å². The molecule has 0 aromatic carbocycles. The summed E-state index contributed by atoms with van der Waals surface area (Å²) in [7, 11) is 0. The van der Waals surface area contributed by atoms with Gasteiger partial charge in [-0.05, 0) is 31.4 Å². The summed E-state index contributed by atoms with van der Waals surface area (Å²) in [6.07, 6.45) is 6.29. The Balaban J connectivity index is 2.32. The highest BCUT2D eigenvalue weighted by Crippen LogP contribution is 2.24. The predicted octanol–water partition coefficient (Wildman–Crippen LogP) is 2.86. The molecule has 4 heteroatoms. The SMILES string of the molecule is C/C=C(O)\C=C/C(C)CC1CNC(=O)S1. The molecular formula is C11H17NO2S. The minimum absolute atomic E-state index is 0.0764. The molecule has 2 unspecified atom stereocenters. The van der Waals surface area contributed by atoms with Gasteiger partial charge in [0.1, 0.15) is 5.76 Å². The molecule has 1 heterocycles. The molecule has 15 heavy (non-hydrogen) atoms. The number of thioether (sulfide) groups is 1. The van der Waals surface area contributed by atoms with Gasteiger partial charge in [0, 0.05) is 11.8 Å². The van der Waals surface area contributed by atoms with Crippen molar-refractivity contribution in [3.63, 3.8) is 0 Å². The van der Waals surface area contributed by atoms with Gasteiger partial charge in [0.25, 0.3) is 5.24 Å². The number of hydrogen-bond donors (Lipinski definition) is 2. The Morgan fingerprint density at radius 1 is 1.80 bits per heavy atom. The van der Waals surface area contributed by atoms with Crippen molar-refractivity contribution in [3.05, 3.63) is 24.0 Å². The topological polar surface area (TPSA) is 49.3 Å². The highest BCUT2D eigenvalue weighted by Gasteiger charge is 2.23. The normalized spacial score (nSPS) is 24.5. The van der Waals surface area contributed by atoms with Crippen molar-refractivity contribution in [2.45, 2.75) is 25.5 Å². The number of aliphatic hydroxyl groups excluding tert-OH is 1. The van der Waals surface area contributed by atoms with E-state index in [0.29, 0.717) is 11.2 Å². The van der Waals surface area contributed by atoms with Crippen LogP contribution >= 0.6 is 11.8 Å². The van der Waals surface area contributed by atoms with Gasteiger partial charge in [0.05, 0.1) is 0 Å². The van der Waals surface area contributed by atoms with Gasteiger partial charge < -0.3 is 10.4 Å². The molecule has 1 aliphatic heterocycles. The molecule has 2 N–H and O–H groups in total. The fourth-order valence-electron chi connectivity index (χ4n) is 1.42. The van der Waals surface area contributed by atoms with Crippen molar-refractivity contribution in [1.29, 1.82) is 0 Å². The Bertz CT molecular complexity index is 286. The average Bonchev–Trinajstić information content (AvgIpc) is 2.60. The number of nitrogens with one attached hydrogen (secondary N) is 1. The van der Waals surface area contributed by atoms with Crippen molar-refractivity contribution < 1.29 is 9.90 Å². The predicted molar refractivity (Wildman–Crippen MR) is 64.1 cm³/mol. The van der Waals surface area contributed by atoms with Gasteiger partial charge >= 0.3 is 0 Å². The molecule has 2 atom stereocenters. The van der Waals surface area contributed by atoms with Crippen LogP contribution in [0.15, 0.2) is 24.0 Å². The minimum Gasteiger partial charge on any atom is -0.508 e. The van der Waals surface area contributed by atoms with Gasteiger partial charge in [-0.25, -0.2) is 0 Å². The van der Waals surface area contributed by atoms with Crippen LogP contribution in [0.2, 0.25) is 0 Å². The molecule has 1 amide bonds. The number of rotatable bonds is 4. The third-order valence-corrected chi connectivity index (χ3v) is 3.32. The van der Waals surface area contributed by atoms with Crippen LogP contribution in [0, 0.1) is 5.92 Å². The number of allylic oxidation sites excluding steroid dienone is 3. The van der Waals surface area contributed by atoms with Crippen LogP contribution in [-0.2, 0) is 0 Å². The maximum Gasteiger partial charge on any atom is 0.279 e. The van der Waals surface area contributed by atoms with Crippen LogP contribution in [0.3, 0.4) is 0 Å². The zero-order valence-corrected chi connectivity index (χ0v) is 9.88. The molecule has 0 spiro atoms.